The van der Waals surface area contributed by atoms with E-state index in [-0.39, 0.29) is 5.69 Å². The maximum Gasteiger partial charge on any atom is 0.269 e. The lowest BCUT2D eigenvalue weighted by Crippen LogP contribution is -1.91. The van der Waals surface area contributed by atoms with E-state index < -0.39 is 4.92 Å². The van der Waals surface area contributed by atoms with Crippen molar-refractivity contribution in [2.24, 2.45) is 5.18 Å². The summed E-state index contributed by atoms with van der Waals surface area (Å²) in [5.41, 5.74) is 4.60. The van der Waals surface area contributed by atoms with E-state index in [1.807, 2.05) is 19.1 Å². The van der Waals surface area contributed by atoms with Gasteiger partial charge < -0.3 is 0 Å². The van der Waals surface area contributed by atoms with Gasteiger partial charge >= 0.3 is 0 Å². The number of nitro benzene ring substituents is 1. The second-order valence-corrected chi connectivity index (χ2v) is 5.36. The minimum absolute atomic E-state index is 0.0450. The molecular weight excluding hydrogens is 306 g/mol. The third-order valence-corrected chi connectivity index (χ3v) is 3.61. The third-order valence-electron chi connectivity index (χ3n) is 3.61. The van der Waals surface area contributed by atoms with Crippen LogP contribution in [0.5, 0.6) is 0 Å². The van der Waals surface area contributed by atoms with Crippen molar-refractivity contribution in [2.45, 2.75) is 6.92 Å². The Hall–Kier alpha value is -3.41. The molecule has 0 unspecified atom stereocenters. The van der Waals surface area contributed by atoms with E-state index in [9.17, 15) is 15.0 Å². The van der Waals surface area contributed by atoms with E-state index in [1.165, 1.54) is 12.1 Å². The van der Waals surface area contributed by atoms with Crippen LogP contribution in [-0.4, -0.2) is 9.91 Å². The minimum atomic E-state index is -0.429. The highest BCUT2D eigenvalue weighted by atomic mass is 16.6. The summed E-state index contributed by atoms with van der Waals surface area (Å²) in [4.78, 5) is 25.5. The molecule has 6 heteroatoms. The Bertz CT molecular complexity index is 904. The summed E-state index contributed by atoms with van der Waals surface area (Å²) in [5.74, 6) is 0. The Morgan fingerprint density at radius 1 is 0.917 bits per heavy atom. The summed E-state index contributed by atoms with van der Waals surface area (Å²) in [7, 11) is 0. The van der Waals surface area contributed by atoms with E-state index in [0.717, 1.165) is 28.1 Å². The minimum Gasteiger partial charge on any atom is -0.258 e. The van der Waals surface area contributed by atoms with Crippen molar-refractivity contribution in [2.75, 3.05) is 0 Å². The smallest absolute Gasteiger partial charge is 0.258 e. The highest BCUT2D eigenvalue weighted by molar-refractivity contribution is 5.68. The normalized spacial score (nSPS) is 10.4. The van der Waals surface area contributed by atoms with Crippen molar-refractivity contribution in [3.8, 4) is 22.5 Å². The summed E-state index contributed by atoms with van der Waals surface area (Å²) < 4.78 is 0. The predicted octanol–water partition coefficient (Wildman–Crippen LogP) is 5.03. The topological polar surface area (TPSA) is 85.5 Å². The molecule has 0 amide bonds. The van der Waals surface area contributed by atoms with Crippen LogP contribution < -0.4 is 0 Å². The number of non-ortho nitro benzene ring substituents is 1. The molecule has 0 fully saturated rings. The zero-order valence-corrected chi connectivity index (χ0v) is 12.8. The van der Waals surface area contributed by atoms with Gasteiger partial charge in [-0.2, -0.15) is 0 Å². The SMILES string of the molecule is Cc1cc(-c2ccc(N=O)cc2)nc(-c2ccc([N+](=O)[O-])cc2)c1. The second kappa shape index (κ2) is 6.37. The van der Waals surface area contributed by atoms with E-state index in [0.29, 0.717) is 5.69 Å². The first-order chi connectivity index (χ1) is 11.6. The van der Waals surface area contributed by atoms with Crippen molar-refractivity contribution >= 4 is 11.4 Å². The number of benzene rings is 2. The average Bonchev–Trinajstić information content (AvgIpc) is 2.61. The van der Waals surface area contributed by atoms with E-state index >= 15 is 0 Å². The second-order valence-electron chi connectivity index (χ2n) is 5.36. The molecule has 1 heterocycles. The van der Waals surface area contributed by atoms with Gasteiger partial charge in [-0.15, -0.1) is 4.91 Å². The third kappa shape index (κ3) is 3.17. The standard InChI is InChI=1S/C18H13N3O3/c1-12-10-17(13-2-6-15(20-22)7-3-13)19-18(11-12)14-4-8-16(9-5-14)21(23)24/h2-11H,1H3. The first-order valence-electron chi connectivity index (χ1n) is 7.24. The van der Waals surface area contributed by atoms with Crippen LogP contribution in [0.4, 0.5) is 11.4 Å². The Morgan fingerprint density at radius 2 is 1.42 bits per heavy atom. The molecule has 0 atom stereocenters. The van der Waals surface area contributed by atoms with Crippen molar-refractivity contribution in [1.82, 2.24) is 4.98 Å². The molecule has 3 rings (SSSR count). The summed E-state index contributed by atoms with van der Waals surface area (Å²) in [6, 6.07) is 17.0. The monoisotopic (exact) mass is 319 g/mol. The van der Waals surface area contributed by atoms with Crippen molar-refractivity contribution in [3.63, 3.8) is 0 Å². The van der Waals surface area contributed by atoms with Crippen LogP contribution in [0.15, 0.2) is 65.8 Å². The number of nitro groups is 1. The van der Waals surface area contributed by atoms with Gasteiger partial charge in [0, 0.05) is 23.3 Å². The van der Waals surface area contributed by atoms with Gasteiger partial charge in [0.15, 0.2) is 0 Å². The van der Waals surface area contributed by atoms with Crippen LogP contribution in [0.2, 0.25) is 0 Å². The van der Waals surface area contributed by atoms with Crippen molar-refractivity contribution < 1.29 is 4.92 Å². The molecular formula is C18H13N3O3. The molecule has 24 heavy (non-hydrogen) atoms. The van der Waals surface area contributed by atoms with E-state index in [4.69, 9.17) is 0 Å². The predicted molar refractivity (Wildman–Crippen MR) is 92.0 cm³/mol. The largest absolute Gasteiger partial charge is 0.269 e. The van der Waals surface area contributed by atoms with Gasteiger partial charge in [0.25, 0.3) is 5.69 Å². The number of aromatic nitrogens is 1. The molecule has 0 radical (unpaired) electrons. The van der Waals surface area contributed by atoms with Gasteiger partial charge in [0.05, 0.1) is 16.3 Å². The Balaban J connectivity index is 2.01. The Morgan fingerprint density at radius 3 is 1.88 bits per heavy atom. The fourth-order valence-electron chi connectivity index (χ4n) is 2.41. The number of pyridine rings is 1. The van der Waals surface area contributed by atoms with Crippen LogP contribution in [0, 0.1) is 21.9 Å². The molecule has 1 aromatic heterocycles. The molecule has 0 saturated heterocycles. The number of aryl methyl sites for hydroxylation is 1. The molecule has 0 saturated carbocycles. The van der Waals surface area contributed by atoms with E-state index in [1.54, 1.807) is 36.4 Å². The molecule has 0 aliphatic heterocycles. The highest BCUT2D eigenvalue weighted by Gasteiger charge is 2.09. The number of nitrogens with zero attached hydrogens (tertiary/aromatic N) is 3. The first kappa shape index (κ1) is 15.5. The summed E-state index contributed by atoms with van der Waals surface area (Å²) in [6.45, 7) is 1.96. The van der Waals surface area contributed by atoms with Crippen molar-refractivity contribution in [1.29, 1.82) is 0 Å². The van der Waals surface area contributed by atoms with Crippen LogP contribution in [0.3, 0.4) is 0 Å². The fraction of sp³-hybridized carbons (Fsp3) is 0.0556. The molecule has 0 spiro atoms. The molecule has 0 N–H and O–H groups in total. The zero-order valence-electron chi connectivity index (χ0n) is 12.8. The van der Waals surface area contributed by atoms with Gasteiger partial charge in [-0.25, -0.2) is 4.98 Å². The zero-order chi connectivity index (χ0) is 17.1. The highest BCUT2D eigenvalue weighted by Crippen LogP contribution is 2.27. The van der Waals surface area contributed by atoms with Gasteiger partial charge in [0.1, 0.15) is 5.69 Å². The van der Waals surface area contributed by atoms with Gasteiger partial charge in [-0.05, 0) is 54.1 Å². The summed E-state index contributed by atoms with van der Waals surface area (Å²) in [6.07, 6.45) is 0. The quantitative estimate of drug-likeness (QED) is 0.383. The van der Waals surface area contributed by atoms with Gasteiger partial charge in [-0.3, -0.25) is 10.1 Å². The Kier molecular flexibility index (Phi) is 4.11. The van der Waals surface area contributed by atoms with E-state index in [2.05, 4.69) is 10.2 Å². The molecule has 3 aromatic rings. The molecule has 118 valence electrons. The summed E-state index contributed by atoms with van der Waals surface area (Å²) >= 11 is 0. The number of hydrogen-bond acceptors (Lipinski definition) is 5. The lowest BCUT2D eigenvalue weighted by atomic mass is 10.0. The maximum atomic E-state index is 10.8. The summed E-state index contributed by atoms with van der Waals surface area (Å²) in [5, 5.41) is 13.6. The van der Waals surface area contributed by atoms with Gasteiger partial charge in [-0.1, -0.05) is 12.1 Å². The van der Waals surface area contributed by atoms with Crippen LogP contribution >= 0.6 is 0 Å². The Labute approximate surface area is 137 Å². The van der Waals surface area contributed by atoms with Crippen LogP contribution in [0.25, 0.3) is 22.5 Å². The van der Waals surface area contributed by atoms with Gasteiger partial charge in [0.2, 0.25) is 0 Å². The first-order valence-corrected chi connectivity index (χ1v) is 7.24. The number of nitroso groups, excluding NO2 is 1. The molecule has 0 bridgehead atoms. The number of hydrogen-bond donors (Lipinski definition) is 0. The lowest BCUT2D eigenvalue weighted by molar-refractivity contribution is -0.384. The van der Waals surface area contributed by atoms with Crippen LogP contribution in [-0.2, 0) is 0 Å². The van der Waals surface area contributed by atoms with Crippen LogP contribution in [0.1, 0.15) is 5.56 Å². The maximum absolute atomic E-state index is 10.8. The van der Waals surface area contributed by atoms with Crippen molar-refractivity contribution in [3.05, 3.63) is 81.2 Å². The molecule has 0 aliphatic rings. The average molecular weight is 319 g/mol. The molecule has 2 aromatic carbocycles. The lowest BCUT2D eigenvalue weighted by Gasteiger charge is -2.07. The number of rotatable bonds is 4. The fourth-order valence-corrected chi connectivity index (χ4v) is 2.41. The molecule has 6 nitrogen and oxygen atoms in total. The molecule has 0 aliphatic carbocycles.